The molecule has 1 N–H and O–H groups in total. The van der Waals surface area contributed by atoms with E-state index in [0.29, 0.717) is 11.6 Å². The summed E-state index contributed by atoms with van der Waals surface area (Å²) in [5, 5.41) is 12.1. The van der Waals surface area contributed by atoms with E-state index in [1.54, 1.807) is 25.2 Å². The fourth-order valence-corrected chi connectivity index (χ4v) is 3.08. The average molecular weight is 298 g/mol. The van der Waals surface area contributed by atoms with Gasteiger partial charge in [-0.2, -0.15) is 0 Å². The van der Waals surface area contributed by atoms with Gasteiger partial charge in [0, 0.05) is 18.5 Å². The minimum absolute atomic E-state index is 0.646. The Kier molecular flexibility index (Phi) is 5.99. The third-order valence-electron chi connectivity index (χ3n) is 3.95. The number of anilines is 1. The van der Waals surface area contributed by atoms with Crippen molar-refractivity contribution in [3.8, 4) is 0 Å². The SMILES string of the molecule is CCC(CC)CN(CC)c1nc(C(C)(C)C(=O)O)cs1. The van der Waals surface area contributed by atoms with Crippen LogP contribution in [-0.4, -0.2) is 29.1 Å². The van der Waals surface area contributed by atoms with Crippen LogP contribution < -0.4 is 4.90 Å². The van der Waals surface area contributed by atoms with E-state index in [-0.39, 0.29) is 0 Å². The summed E-state index contributed by atoms with van der Waals surface area (Å²) in [5.74, 6) is -0.174. The predicted octanol–water partition coefficient (Wildman–Crippen LogP) is 3.77. The number of aliphatic carboxylic acids is 1. The summed E-state index contributed by atoms with van der Waals surface area (Å²) >= 11 is 1.54. The van der Waals surface area contributed by atoms with Gasteiger partial charge in [0.25, 0.3) is 0 Å². The summed E-state index contributed by atoms with van der Waals surface area (Å²) in [6, 6.07) is 0. The normalized spacial score (nSPS) is 11.9. The van der Waals surface area contributed by atoms with E-state index >= 15 is 0 Å². The first-order chi connectivity index (χ1) is 9.36. The molecule has 0 aromatic carbocycles. The molecule has 0 atom stereocenters. The molecular weight excluding hydrogens is 272 g/mol. The lowest BCUT2D eigenvalue weighted by Gasteiger charge is -2.25. The Bertz CT molecular complexity index is 439. The molecule has 0 radical (unpaired) electrons. The van der Waals surface area contributed by atoms with E-state index < -0.39 is 11.4 Å². The van der Waals surface area contributed by atoms with Crippen LogP contribution in [0.4, 0.5) is 5.13 Å². The van der Waals surface area contributed by atoms with Crippen LogP contribution in [0.2, 0.25) is 0 Å². The molecule has 0 bridgehead atoms. The molecule has 20 heavy (non-hydrogen) atoms. The fraction of sp³-hybridized carbons (Fsp3) is 0.733. The molecule has 114 valence electrons. The number of carboxylic acids is 1. The Balaban J connectivity index is 2.91. The van der Waals surface area contributed by atoms with Crippen LogP contribution in [-0.2, 0) is 10.2 Å². The highest BCUT2D eigenvalue weighted by molar-refractivity contribution is 7.13. The maximum atomic E-state index is 11.3. The summed E-state index contributed by atoms with van der Waals surface area (Å²) in [6.45, 7) is 11.8. The molecule has 0 fully saturated rings. The molecule has 0 amide bonds. The first-order valence-corrected chi connectivity index (χ1v) is 8.19. The van der Waals surface area contributed by atoms with Gasteiger partial charge in [0.15, 0.2) is 5.13 Å². The molecule has 4 nitrogen and oxygen atoms in total. The molecule has 0 saturated heterocycles. The molecule has 0 aliphatic heterocycles. The van der Waals surface area contributed by atoms with Crippen LogP contribution in [0, 0.1) is 5.92 Å². The average Bonchev–Trinajstić information content (AvgIpc) is 2.90. The molecule has 0 spiro atoms. The quantitative estimate of drug-likeness (QED) is 0.794. The first-order valence-electron chi connectivity index (χ1n) is 7.31. The Morgan fingerprint density at radius 1 is 1.40 bits per heavy atom. The van der Waals surface area contributed by atoms with E-state index in [0.717, 1.165) is 31.1 Å². The summed E-state index contributed by atoms with van der Waals surface area (Å²) in [4.78, 5) is 18.1. The monoisotopic (exact) mass is 298 g/mol. The van der Waals surface area contributed by atoms with Gasteiger partial charge in [-0.1, -0.05) is 26.7 Å². The van der Waals surface area contributed by atoms with Crippen molar-refractivity contribution >= 4 is 22.4 Å². The number of thiazole rings is 1. The highest BCUT2D eigenvalue weighted by Gasteiger charge is 2.32. The lowest BCUT2D eigenvalue weighted by atomic mass is 9.90. The number of hydrogen-bond donors (Lipinski definition) is 1. The zero-order chi connectivity index (χ0) is 15.3. The van der Waals surface area contributed by atoms with Crippen molar-refractivity contribution in [2.45, 2.75) is 52.9 Å². The number of hydrogen-bond acceptors (Lipinski definition) is 4. The van der Waals surface area contributed by atoms with Crippen molar-refractivity contribution in [3.05, 3.63) is 11.1 Å². The second-order valence-corrected chi connectivity index (χ2v) is 6.50. The second kappa shape index (κ2) is 7.07. The van der Waals surface area contributed by atoms with Crippen molar-refractivity contribution in [2.24, 2.45) is 5.92 Å². The fourth-order valence-electron chi connectivity index (χ4n) is 2.01. The third kappa shape index (κ3) is 3.72. The van der Waals surface area contributed by atoms with Crippen molar-refractivity contribution in [1.82, 2.24) is 4.98 Å². The van der Waals surface area contributed by atoms with E-state index in [4.69, 9.17) is 0 Å². The summed E-state index contributed by atoms with van der Waals surface area (Å²) in [7, 11) is 0. The summed E-state index contributed by atoms with van der Waals surface area (Å²) in [6.07, 6.45) is 2.32. The lowest BCUT2D eigenvalue weighted by molar-refractivity contribution is -0.142. The topological polar surface area (TPSA) is 53.4 Å². The Labute approximate surface area is 125 Å². The first kappa shape index (κ1) is 17.0. The highest BCUT2D eigenvalue weighted by Crippen LogP contribution is 2.30. The number of carboxylic acid groups (broad SMARTS) is 1. The van der Waals surface area contributed by atoms with E-state index in [1.165, 1.54) is 0 Å². The standard InChI is InChI=1S/C15H26N2O2S/c1-6-11(7-2)9-17(8-3)14-16-12(10-20-14)15(4,5)13(18)19/h10-11H,6-9H2,1-5H3,(H,18,19). The Morgan fingerprint density at radius 2 is 2.00 bits per heavy atom. The molecule has 0 aliphatic rings. The van der Waals surface area contributed by atoms with Gasteiger partial charge in [-0.25, -0.2) is 4.98 Å². The largest absolute Gasteiger partial charge is 0.481 e. The number of rotatable bonds is 8. The molecule has 0 unspecified atom stereocenters. The minimum Gasteiger partial charge on any atom is -0.481 e. The van der Waals surface area contributed by atoms with Gasteiger partial charge in [-0.15, -0.1) is 11.3 Å². The van der Waals surface area contributed by atoms with Crippen molar-refractivity contribution < 1.29 is 9.90 Å². The molecule has 1 heterocycles. The third-order valence-corrected chi connectivity index (χ3v) is 4.85. The van der Waals surface area contributed by atoms with Crippen LogP contribution in [0.25, 0.3) is 0 Å². The summed E-state index contributed by atoms with van der Waals surface area (Å²) in [5.41, 5.74) is -0.281. The maximum Gasteiger partial charge on any atom is 0.315 e. The van der Waals surface area contributed by atoms with Gasteiger partial charge in [-0.05, 0) is 26.7 Å². The van der Waals surface area contributed by atoms with E-state index in [2.05, 4.69) is 30.7 Å². The van der Waals surface area contributed by atoms with Gasteiger partial charge in [-0.3, -0.25) is 4.79 Å². The second-order valence-electron chi connectivity index (χ2n) is 5.67. The number of aromatic nitrogens is 1. The zero-order valence-electron chi connectivity index (χ0n) is 13.1. The van der Waals surface area contributed by atoms with Gasteiger partial charge in [0.2, 0.25) is 0 Å². The van der Waals surface area contributed by atoms with Gasteiger partial charge in [0.05, 0.1) is 5.69 Å². The van der Waals surface area contributed by atoms with Crippen LogP contribution >= 0.6 is 11.3 Å². The van der Waals surface area contributed by atoms with Crippen LogP contribution in [0.15, 0.2) is 5.38 Å². The van der Waals surface area contributed by atoms with Crippen LogP contribution in [0.3, 0.4) is 0 Å². The van der Waals surface area contributed by atoms with Gasteiger partial charge >= 0.3 is 5.97 Å². The zero-order valence-corrected chi connectivity index (χ0v) is 14.0. The van der Waals surface area contributed by atoms with Crippen LogP contribution in [0.1, 0.15) is 53.2 Å². The van der Waals surface area contributed by atoms with Gasteiger partial charge in [0.1, 0.15) is 5.41 Å². The van der Waals surface area contributed by atoms with Crippen LogP contribution in [0.5, 0.6) is 0 Å². The predicted molar refractivity (Wildman–Crippen MR) is 84.7 cm³/mol. The maximum absolute atomic E-state index is 11.3. The Morgan fingerprint density at radius 3 is 2.45 bits per heavy atom. The molecular formula is C15H26N2O2S. The molecule has 5 heteroatoms. The highest BCUT2D eigenvalue weighted by atomic mass is 32.1. The Hall–Kier alpha value is -1.10. The van der Waals surface area contributed by atoms with Crippen molar-refractivity contribution in [2.75, 3.05) is 18.0 Å². The summed E-state index contributed by atoms with van der Waals surface area (Å²) < 4.78 is 0. The number of carbonyl (C=O) groups is 1. The minimum atomic E-state index is -0.928. The lowest BCUT2D eigenvalue weighted by Crippen LogP contribution is -2.31. The number of nitrogens with zero attached hydrogens (tertiary/aromatic N) is 2. The van der Waals surface area contributed by atoms with E-state index in [9.17, 15) is 9.90 Å². The smallest absolute Gasteiger partial charge is 0.315 e. The van der Waals surface area contributed by atoms with E-state index in [1.807, 2.05) is 5.38 Å². The van der Waals surface area contributed by atoms with Crippen molar-refractivity contribution in [3.63, 3.8) is 0 Å². The van der Waals surface area contributed by atoms with Gasteiger partial charge < -0.3 is 10.0 Å². The molecule has 1 aromatic heterocycles. The molecule has 0 saturated carbocycles. The molecule has 0 aliphatic carbocycles. The van der Waals surface area contributed by atoms with Crippen molar-refractivity contribution in [1.29, 1.82) is 0 Å². The molecule has 1 aromatic rings. The molecule has 1 rings (SSSR count).